The Morgan fingerprint density at radius 2 is 2.27 bits per heavy atom. The summed E-state index contributed by atoms with van der Waals surface area (Å²) in [6.45, 7) is 5.53. The first kappa shape index (κ1) is 11.7. The predicted octanol–water partition coefficient (Wildman–Crippen LogP) is 0.148. The second-order valence-corrected chi connectivity index (χ2v) is 3.79. The van der Waals surface area contributed by atoms with Crippen LogP contribution in [0.1, 0.15) is 24.3 Å². The highest BCUT2D eigenvalue weighted by atomic mass is 16.1. The van der Waals surface area contributed by atoms with Gasteiger partial charge in [-0.2, -0.15) is 0 Å². The lowest BCUT2D eigenvalue weighted by molar-refractivity contribution is 0.0949. The highest BCUT2D eigenvalue weighted by Crippen LogP contribution is 1.92. The molecule has 5 heteroatoms. The molecule has 5 nitrogen and oxygen atoms in total. The fraction of sp³-hybridized carbons (Fsp3) is 0.600. The Hall–Kier alpha value is -1.36. The van der Waals surface area contributed by atoms with Gasteiger partial charge in [-0.1, -0.05) is 13.8 Å². The number of nitrogens with one attached hydrogen (secondary N) is 2. The van der Waals surface area contributed by atoms with Crippen LogP contribution in [0.5, 0.6) is 0 Å². The highest BCUT2D eigenvalue weighted by molar-refractivity contribution is 5.91. The Morgan fingerprint density at radius 1 is 1.53 bits per heavy atom. The summed E-state index contributed by atoms with van der Waals surface area (Å²) in [6.07, 6.45) is 3.31. The van der Waals surface area contributed by atoms with Crippen molar-refractivity contribution in [2.24, 2.45) is 7.05 Å². The Labute approximate surface area is 89.9 Å². The highest BCUT2D eigenvalue weighted by Gasteiger charge is 2.06. The smallest absolute Gasteiger partial charge is 0.271 e. The molecule has 0 atom stereocenters. The number of rotatable bonds is 5. The molecule has 0 saturated carbocycles. The third-order valence-electron chi connectivity index (χ3n) is 1.90. The minimum atomic E-state index is -0.124. The summed E-state index contributed by atoms with van der Waals surface area (Å²) in [4.78, 5) is 15.4. The van der Waals surface area contributed by atoms with Crippen LogP contribution in [-0.4, -0.2) is 34.6 Å². The lowest BCUT2D eigenvalue weighted by Crippen LogP contribution is -2.34. The number of amides is 1. The van der Waals surface area contributed by atoms with Crippen LogP contribution in [-0.2, 0) is 7.05 Å². The van der Waals surface area contributed by atoms with Crippen molar-refractivity contribution in [3.8, 4) is 0 Å². The van der Waals surface area contributed by atoms with Crippen LogP contribution < -0.4 is 10.6 Å². The minimum Gasteiger partial charge on any atom is -0.349 e. The molecular weight excluding hydrogens is 192 g/mol. The van der Waals surface area contributed by atoms with Gasteiger partial charge in [0.05, 0.1) is 6.33 Å². The molecule has 1 heterocycles. The Balaban J connectivity index is 2.25. The zero-order valence-electron chi connectivity index (χ0n) is 9.45. The molecular formula is C10H18N4O. The van der Waals surface area contributed by atoms with E-state index in [0.29, 0.717) is 18.3 Å². The summed E-state index contributed by atoms with van der Waals surface area (Å²) >= 11 is 0. The molecule has 0 bridgehead atoms. The summed E-state index contributed by atoms with van der Waals surface area (Å²) in [7, 11) is 1.84. The van der Waals surface area contributed by atoms with Crippen LogP contribution >= 0.6 is 0 Å². The molecule has 0 radical (unpaired) electrons. The van der Waals surface area contributed by atoms with Crippen LogP contribution in [0.2, 0.25) is 0 Å². The van der Waals surface area contributed by atoms with Crippen molar-refractivity contribution in [3.05, 3.63) is 18.2 Å². The fourth-order valence-corrected chi connectivity index (χ4v) is 1.16. The molecule has 0 aromatic carbocycles. The first-order valence-electron chi connectivity index (χ1n) is 5.09. The van der Waals surface area contributed by atoms with Crippen molar-refractivity contribution in [1.82, 2.24) is 20.2 Å². The van der Waals surface area contributed by atoms with Crippen molar-refractivity contribution in [1.29, 1.82) is 0 Å². The van der Waals surface area contributed by atoms with E-state index < -0.39 is 0 Å². The number of aromatic nitrogens is 2. The van der Waals surface area contributed by atoms with E-state index in [9.17, 15) is 4.79 Å². The fourth-order valence-electron chi connectivity index (χ4n) is 1.16. The number of carbonyl (C=O) groups excluding carboxylic acids is 1. The van der Waals surface area contributed by atoms with Crippen LogP contribution in [0.3, 0.4) is 0 Å². The van der Waals surface area contributed by atoms with Gasteiger partial charge < -0.3 is 15.2 Å². The summed E-state index contributed by atoms with van der Waals surface area (Å²) < 4.78 is 1.75. The first-order valence-corrected chi connectivity index (χ1v) is 5.09. The zero-order valence-corrected chi connectivity index (χ0v) is 9.45. The SMILES string of the molecule is CC(C)NCCNC(=O)c1cn(C)cn1. The van der Waals surface area contributed by atoms with Gasteiger partial charge in [0.25, 0.3) is 5.91 Å². The predicted molar refractivity (Wildman–Crippen MR) is 58.7 cm³/mol. The number of carbonyl (C=O) groups is 1. The Bertz CT molecular complexity index is 319. The van der Waals surface area contributed by atoms with Crippen LogP contribution in [0.15, 0.2) is 12.5 Å². The molecule has 0 aliphatic carbocycles. The van der Waals surface area contributed by atoms with Crippen LogP contribution in [0.25, 0.3) is 0 Å². The van der Waals surface area contributed by atoms with Gasteiger partial charge in [0, 0.05) is 32.4 Å². The maximum absolute atomic E-state index is 11.5. The maximum Gasteiger partial charge on any atom is 0.271 e. The zero-order chi connectivity index (χ0) is 11.3. The molecule has 84 valence electrons. The Morgan fingerprint density at radius 3 is 2.80 bits per heavy atom. The van der Waals surface area contributed by atoms with Crippen LogP contribution in [0.4, 0.5) is 0 Å². The molecule has 15 heavy (non-hydrogen) atoms. The van der Waals surface area contributed by atoms with Crippen molar-refractivity contribution < 1.29 is 4.79 Å². The molecule has 0 aliphatic rings. The quantitative estimate of drug-likeness (QED) is 0.680. The van der Waals surface area contributed by atoms with Gasteiger partial charge in [0.15, 0.2) is 0 Å². The molecule has 0 spiro atoms. The number of imidazole rings is 1. The normalized spacial score (nSPS) is 10.7. The topological polar surface area (TPSA) is 58.9 Å². The Kier molecular flexibility index (Phi) is 4.30. The summed E-state index contributed by atoms with van der Waals surface area (Å²) in [5.41, 5.74) is 0.460. The average molecular weight is 210 g/mol. The van der Waals surface area contributed by atoms with Gasteiger partial charge in [-0.05, 0) is 0 Å². The van der Waals surface area contributed by atoms with Crippen molar-refractivity contribution in [2.75, 3.05) is 13.1 Å². The van der Waals surface area contributed by atoms with Gasteiger partial charge in [0.1, 0.15) is 5.69 Å². The van der Waals surface area contributed by atoms with E-state index in [1.165, 1.54) is 0 Å². The molecule has 1 aromatic rings. The van der Waals surface area contributed by atoms with Gasteiger partial charge in [0.2, 0.25) is 0 Å². The summed E-state index contributed by atoms with van der Waals surface area (Å²) in [5, 5.41) is 6.01. The van der Waals surface area contributed by atoms with E-state index in [1.807, 2.05) is 7.05 Å². The van der Waals surface area contributed by atoms with Crippen molar-refractivity contribution in [3.63, 3.8) is 0 Å². The summed E-state index contributed by atoms with van der Waals surface area (Å²) in [5.74, 6) is -0.124. The van der Waals surface area contributed by atoms with Gasteiger partial charge in [-0.3, -0.25) is 4.79 Å². The molecule has 2 N–H and O–H groups in total. The minimum absolute atomic E-state index is 0.124. The maximum atomic E-state index is 11.5. The molecule has 1 rings (SSSR count). The summed E-state index contributed by atoms with van der Waals surface area (Å²) in [6, 6.07) is 0.441. The second-order valence-electron chi connectivity index (χ2n) is 3.79. The molecule has 1 amide bonds. The number of nitrogens with zero attached hydrogens (tertiary/aromatic N) is 2. The standard InChI is InChI=1S/C10H18N4O/c1-8(2)11-4-5-12-10(15)9-6-14(3)7-13-9/h6-8,11H,4-5H2,1-3H3,(H,12,15). The van der Waals surface area contributed by atoms with E-state index in [0.717, 1.165) is 6.54 Å². The van der Waals surface area contributed by atoms with Crippen molar-refractivity contribution >= 4 is 5.91 Å². The van der Waals surface area contributed by atoms with E-state index in [4.69, 9.17) is 0 Å². The van der Waals surface area contributed by atoms with E-state index in [-0.39, 0.29) is 5.91 Å². The average Bonchev–Trinajstić information content (AvgIpc) is 2.59. The van der Waals surface area contributed by atoms with Gasteiger partial charge >= 0.3 is 0 Å². The lowest BCUT2D eigenvalue weighted by Gasteiger charge is -2.07. The molecule has 0 fully saturated rings. The van der Waals surface area contributed by atoms with E-state index >= 15 is 0 Å². The molecule has 0 aliphatic heterocycles. The number of hydrogen-bond donors (Lipinski definition) is 2. The lowest BCUT2D eigenvalue weighted by atomic mass is 10.4. The van der Waals surface area contributed by atoms with E-state index in [1.54, 1.807) is 17.1 Å². The second kappa shape index (κ2) is 5.50. The molecule has 1 aromatic heterocycles. The van der Waals surface area contributed by atoms with Gasteiger partial charge in [-0.25, -0.2) is 4.98 Å². The number of aryl methyl sites for hydroxylation is 1. The first-order chi connectivity index (χ1) is 7.09. The van der Waals surface area contributed by atoms with Gasteiger partial charge in [-0.15, -0.1) is 0 Å². The van der Waals surface area contributed by atoms with Crippen LogP contribution in [0, 0.1) is 0 Å². The van der Waals surface area contributed by atoms with E-state index in [2.05, 4.69) is 29.5 Å². The number of hydrogen-bond acceptors (Lipinski definition) is 3. The molecule has 0 saturated heterocycles. The van der Waals surface area contributed by atoms with Crippen molar-refractivity contribution in [2.45, 2.75) is 19.9 Å². The monoisotopic (exact) mass is 210 g/mol. The molecule has 0 unspecified atom stereocenters. The third kappa shape index (κ3) is 4.12. The third-order valence-corrected chi connectivity index (χ3v) is 1.90. The largest absolute Gasteiger partial charge is 0.349 e.